The van der Waals surface area contributed by atoms with Crippen LogP contribution in [0.2, 0.25) is 0 Å². The Morgan fingerprint density at radius 1 is 1.00 bits per heavy atom. The van der Waals surface area contributed by atoms with Crippen LogP contribution < -0.4 is 9.62 Å². The maximum Gasteiger partial charge on any atom is 0.241 e. The van der Waals surface area contributed by atoms with Gasteiger partial charge in [-0.15, -0.1) is 0 Å². The zero-order chi connectivity index (χ0) is 19.4. The van der Waals surface area contributed by atoms with Crippen molar-refractivity contribution in [3.63, 3.8) is 0 Å². The molecule has 1 fully saturated rings. The molecule has 1 amide bonds. The molecule has 8 heteroatoms. The summed E-state index contributed by atoms with van der Waals surface area (Å²) < 4.78 is 28.2. The zero-order valence-corrected chi connectivity index (χ0v) is 17.4. The van der Waals surface area contributed by atoms with E-state index in [-0.39, 0.29) is 10.8 Å². The summed E-state index contributed by atoms with van der Waals surface area (Å²) in [6, 6.07) is 15.6. The van der Waals surface area contributed by atoms with Gasteiger partial charge < -0.3 is 9.80 Å². The van der Waals surface area contributed by atoms with Gasteiger partial charge in [-0.25, -0.2) is 8.42 Å². The quantitative estimate of drug-likeness (QED) is 0.757. The van der Waals surface area contributed by atoms with Gasteiger partial charge in [0, 0.05) is 36.3 Å². The number of carbonyl (C=O) groups is 1. The minimum Gasteiger partial charge on any atom is -0.368 e. The van der Waals surface area contributed by atoms with Crippen LogP contribution in [0.1, 0.15) is 6.92 Å². The van der Waals surface area contributed by atoms with Crippen molar-refractivity contribution in [3.8, 4) is 0 Å². The number of carbonyl (C=O) groups excluding carboxylic acids is 1. The van der Waals surface area contributed by atoms with Gasteiger partial charge in [0.05, 0.1) is 10.9 Å². The molecule has 1 N–H and O–H groups in total. The first-order valence-corrected chi connectivity index (χ1v) is 11.0. The number of halogens is 1. The SMILES string of the molecule is C[C@@H](NS(=O)(=O)c1ccc(Br)cc1)C(=O)N1CCN(c2ccccc2)CC1. The van der Waals surface area contributed by atoms with Crippen LogP contribution in [0.5, 0.6) is 0 Å². The molecule has 0 bridgehead atoms. The maximum absolute atomic E-state index is 12.7. The first-order chi connectivity index (χ1) is 12.9. The van der Waals surface area contributed by atoms with E-state index < -0.39 is 16.1 Å². The molecule has 0 aliphatic carbocycles. The van der Waals surface area contributed by atoms with Gasteiger partial charge in [0.1, 0.15) is 0 Å². The summed E-state index contributed by atoms with van der Waals surface area (Å²) in [6.07, 6.45) is 0. The highest BCUT2D eigenvalue weighted by molar-refractivity contribution is 9.10. The lowest BCUT2D eigenvalue weighted by atomic mass is 10.2. The van der Waals surface area contributed by atoms with E-state index in [0.29, 0.717) is 13.1 Å². The number of sulfonamides is 1. The van der Waals surface area contributed by atoms with E-state index in [0.717, 1.165) is 23.2 Å². The topological polar surface area (TPSA) is 69.7 Å². The molecule has 0 unspecified atom stereocenters. The van der Waals surface area contributed by atoms with Crippen molar-refractivity contribution in [1.82, 2.24) is 9.62 Å². The Balaban J connectivity index is 1.59. The van der Waals surface area contributed by atoms with Crippen LogP contribution >= 0.6 is 15.9 Å². The molecule has 1 atom stereocenters. The van der Waals surface area contributed by atoms with Gasteiger partial charge in [0.15, 0.2) is 0 Å². The second kappa shape index (κ2) is 8.41. The summed E-state index contributed by atoms with van der Waals surface area (Å²) >= 11 is 3.28. The lowest BCUT2D eigenvalue weighted by Gasteiger charge is -2.37. The van der Waals surface area contributed by atoms with Crippen molar-refractivity contribution < 1.29 is 13.2 Å². The highest BCUT2D eigenvalue weighted by atomic mass is 79.9. The third-order valence-electron chi connectivity index (χ3n) is 4.54. The predicted molar refractivity (Wildman–Crippen MR) is 109 cm³/mol. The molecule has 0 spiro atoms. The fourth-order valence-electron chi connectivity index (χ4n) is 3.06. The van der Waals surface area contributed by atoms with Gasteiger partial charge in [-0.05, 0) is 43.3 Å². The second-order valence-corrected chi connectivity index (χ2v) is 9.07. The fraction of sp³-hybridized carbons (Fsp3) is 0.316. The summed E-state index contributed by atoms with van der Waals surface area (Å²) in [5.41, 5.74) is 1.13. The number of nitrogens with one attached hydrogen (secondary N) is 1. The average molecular weight is 452 g/mol. The highest BCUT2D eigenvalue weighted by Crippen LogP contribution is 2.17. The van der Waals surface area contributed by atoms with Crippen molar-refractivity contribution in [2.45, 2.75) is 17.9 Å². The molecule has 0 aromatic heterocycles. The lowest BCUT2D eigenvalue weighted by molar-refractivity contribution is -0.132. The molecule has 0 radical (unpaired) electrons. The summed E-state index contributed by atoms with van der Waals surface area (Å²) in [5.74, 6) is -0.205. The van der Waals surface area contributed by atoms with Crippen LogP contribution in [-0.2, 0) is 14.8 Å². The Kier molecular flexibility index (Phi) is 6.18. The van der Waals surface area contributed by atoms with Gasteiger partial charge in [-0.1, -0.05) is 34.1 Å². The van der Waals surface area contributed by atoms with Crippen molar-refractivity contribution in [2.75, 3.05) is 31.1 Å². The van der Waals surface area contributed by atoms with Crippen LogP contribution in [0.3, 0.4) is 0 Å². The molecule has 0 saturated carbocycles. The maximum atomic E-state index is 12.7. The number of para-hydroxylation sites is 1. The zero-order valence-electron chi connectivity index (χ0n) is 15.0. The van der Waals surface area contributed by atoms with E-state index in [1.54, 1.807) is 24.0 Å². The fourth-order valence-corrected chi connectivity index (χ4v) is 4.52. The molecule has 1 aliphatic rings. The average Bonchev–Trinajstić information content (AvgIpc) is 2.68. The molecule has 2 aromatic carbocycles. The molecular weight excluding hydrogens is 430 g/mol. The third-order valence-corrected chi connectivity index (χ3v) is 6.62. The normalized spacial score (nSPS) is 16.2. The third kappa shape index (κ3) is 4.88. The minimum absolute atomic E-state index is 0.138. The highest BCUT2D eigenvalue weighted by Gasteiger charge is 2.28. The largest absolute Gasteiger partial charge is 0.368 e. The molecule has 6 nitrogen and oxygen atoms in total. The number of amides is 1. The van der Waals surface area contributed by atoms with E-state index in [9.17, 15) is 13.2 Å². The van der Waals surface area contributed by atoms with Crippen LogP contribution in [0.4, 0.5) is 5.69 Å². The first kappa shape index (κ1) is 19.9. The van der Waals surface area contributed by atoms with Crippen LogP contribution in [-0.4, -0.2) is 51.4 Å². The Hall–Kier alpha value is -1.90. The minimum atomic E-state index is -3.74. The number of hydrogen-bond acceptors (Lipinski definition) is 4. The van der Waals surface area contributed by atoms with Crippen LogP contribution in [0.25, 0.3) is 0 Å². The van der Waals surface area contributed by atoms with Gasteiger partial charge in [-0.3, -0.25) is 4.79 Å². The van der Waals surface area contributed by atoms with Gasteiger partial charge in [0.2, 0.25) is 15.9 Å². The Morgan fingerprint density at radius 2 is 1.59 bits per heavy atom. The van der Waals surface area contributed by atoms with Crippen LogP contribution in [0.15, 0.2) is 64.0 Å². The Morgan fingerprint density at radius 3 is 2.19 bits per heavy atom. The van der Waals surface area contributed by atoms with Gasteiger partial charge in [0.25, 0.3) is 0 Å². The van der Waals surface area contributed by atoms with E-state index in [1.807, 2.05) is 30.3 Å². The molecule has 2 aromatic rings. The molecule has 3 rings (SSSR count). The summed E-state index contributed by atoms with van der Waals surface area (Å²) in [5, 5.41) is 0. The molecule has 1 heterocycles. The van der Waals surface area contributed by atoms with Gasteiger partial charge in [-0.2, -0.15) is 4.72 Å². The van der Waals surface area contributed by atoms with E-state index >= 15 is 0 Å². The number of rotatable bonds is 5. The van der Waals surface area contributed by atoms with Crippen molar-refractivity contribution in [2.24, 2.45) is 0 Å². The molecular formula is C19H22BrN3O3S. The number of anilines is 1. The molecule has 1 saturated heterocycles. The van der Waals surface area contributed by atoms with Crippen molar-refractivity contribution in [3.05, 3.63) is 59.1 Å². The van der Waals surface area contributed by atoms with E-state index in [4.69, 9.17) is 0 Å². The van der Waals surface area contributed by atoms with Gasteiger partial charge >= 0.3 is 0 Å². The summed E-state index contributed by atoms with van der Waals surface area (Å²) in [6.45, 7) is 4.17. The second-order valence-electron chi connectivity index (χ2n) is 6.44. The number of benzene rings is 2. The Labute approximate surface area is 168 Å². The standard InChI is InChI=1S/C19H22BrN3O3S/c1-15(21-27(25,26)18-9-7-16(20)8-10-18)19(24)23-13-11-22(12-14-23)17-5-3-2-4-6-17/h2-10,15,21H,11-14H2,1H3/t15-/m1/s1. The molecule has 27 heavy (non-hydrogen) atoms. The summed E-state index contributed by atoms with van der Waals surface area (Å²) in [7, 11) is -3.74. The number of hydrogen-bond donors (Lipinski definition) is 1. The summed E-state index contributed by atoms with van der Waals surface area (Å²) in [4.78, 5) is 16.8. The predicted octanol–water partition coefficient (Wildman–Crippen LogP) is 2.46. The number of piperazine rings is 1. The number of nitrogens with zero attached hydrogens (tertiary/aromatic N) is 2. The van der Waals surface area contributed by atoms with Crippen molar-refractivity contribution >= 4 is 37.5 Å². The molecule has 144 valence electrons. The van der Waals surface area contributed by atoms with E-state index in [1.165, 1.54) is 12.1 Å². The monoisotopic (exact) mass is 451 g/mol. The Bertz CT molecular complexity index is 880. The van der Waals surface area contributed by atoms with Crippen LogP contribution in [0, 0.1) is 0 Å². The lowest BCUT2D eigenvalue weighted by Crippen LogP contribution is -2.54. The smallest absolute Gasteiger partial charge is 0.241 e. The van der Waals surface area contributed by atoms with E-state index in [2.05, 4.69) is 25.6 Å². The molecule has 1 aliphatic heterocycles. The first-order valence-electron chi connectivity index (χ1n) is 8.73. The van der Waals surface area contributed by atoms with Crippen molar-refractivity contribution in [1.29, 1.82) is 0 Å².